The number of benzene rings is 2. The third-order valence-corrected chi connectivity index (χ3v) is 4.95. The zero-order valence-electron chi connectivity index (χ0n) is 16.7. The number of carboxylic acid groups (broad SMARTS) is 1. The molecule has 3 N–H and O–H groups in total. The molecule has 0 saturated carbocycles. The van der Waals surface area contributed by atoms with Crippen molar-refractivity contribution >= 4 is 16.9 Å². The summed E-state index contributed by atoms with van der Waals surface area (Å²) in [6.07, 6.45) is 0.479. The Morgan fingerprint density at radius 2 is 1.86 bits per heavy atom. The van der Waals surface area contributed by atoms with Gasteiger partial charge in [0.1, 0.15) is 17.4 Å². The van der Waals surface area contributed by atoms with Crippen LogP contribution in [0.4, 0.5) is 0 Å². The lowest BCUT2D eigenvalue weighted by Crippen LogP contribution is -2.37. The molecule has 3 rings (SSSR count). The Morgan fingerprint density at radius 1 is 1.17 bits per heavy atom. The van der Waals surface area contributed by atoms with Crippen LogP contribution in [0.1, 0.15) is 31.4 Å². The first-order chi connectivity index (χ1) is 13.8. The molecule has 3 aromatic rings. The molecule has 152 valence electrons. The average molecular weight is 395 g/mol. The molecular formula is C23H25NO5. The van der Waals surface area contributed by atoms with E-state index >= 15 is 0 Å². The Kier molecular flexibility index (Phi) is 6.03. The molecule has 1 heterocycles. The van der Waals surface area contributed by atoms with E-state index in [-0.39, 0.29) is 18.2 Å². The topological polar surface area (TPSA) is 99.8 Å². The first-order valence-electron chi connectivity index (χ1n) is 9.58. The first kappa shape index (κ1) is 20.6. The number of fused-ring (bicyclic) bond motifs is 1. The van der Waals surface area contributed by atoms with Crippen LogP contribution in [0.3, 0.4) is 0 Å². The van der Waals surface area contributed by atoms with Crippen LogP contribution in [-0.4, -0.2) is 22.2 Å². The summed E-state index contributed by atoms with van der Waals surface area (Å²) in [5.74, 6) is -0.717. The molecule has 0 aliphatic carbocycles. The van der Waals surface area contributed by atoms with Gasteiger partial charge in [0.2, 0.25) is 0 Å². The minimum Gasteiger partial charge on any atom is -0.507 e. The second-order valence-electron chi connectivity index (χ2n) is 7.64. The van der Waals surface area contributed by atoms with Crippen molar-refractivity contribution in [1.82, 2.24) is 5.32 Å². The predicted octanol–water partition coefficient (Wildman–Crippen LogP) is 4.06. The second-order valence-corrected chi connectivity index (χ2v) is 7.64. The minimum atomic E-state index is -0.924. The van der Waals surface area contributed by atoms with Crippen LogP contribution in [0.15, 0.2) is 51.7 Å². The van der Waals surface area contributed by atoms with Crippen molar-refractivity contribution in [3.8, 4) is 16.9 Å². The number of hydrogen-bond acceptors (Lipinski definition) is 5. The lowest BCUT2D eigenvalue weighted by Gasteiger charge is -2.19. The van der Waals surface area contributed by atoms with Crippen molar-refractivity contribution in [1.29, 1.82) is 0 Å². The fourth-order valence-electron chi connectivity index (χ4n) is 3.52. The molecule has 0 unspecified atom stereocenters. The molecule has 0 aliphatic heterocycles. The zero-order valence-corrected chi connectivity index (χ0v) is 16.7. The summed E-state index contributed by atoms with van der Waals surface area (Å²) in [4.78, 5) is 23.6. The molecule has 0 spiro atoms. The summed E-state index contributed by atoms with van der Waals surface area (Å²) in [7, 11) is 0. The van der Waals surface area contributed by atoms with Crippen molar-refractivity contribution in [3.63, 3.8) is 0 Å². The van der Waals surface area contributed by atoms with Gasteiger partial charge in [0.25, 0.3) is 0 Å². The third-order valence-electron chi connectivity index (χ3n) is 4.95. The zero-order chi connectivity index (χ0) is 21.1. The summed E-state index contributed by atoms with van der Waals surface area (Å²) < 4.78 is 5.33. The van der Waals surface area contributed by atoms with Gasteiger partial charge >= 0.3 is 11.6 Å². The number of carbonyl (C=O) groups is 1. The molecular weight excluding hydrogens is 370 g/mol. The SMILES string of the molecule is Cc1cc2oc(=O)cc(-c3ccccc3)c2c(O)c1CN[C@H](CC(C)C)C(=O)O. The van der Waals surface area contributed by atoms with Gasteiger partial charge in [0.15, 0.2) is 0 Å². The van der Waals surface area contributed by atoms with E-state index in [4.69, 9.17) is 4.42 Å². The Hall–Kier alpha value is -3.12. The lowest BCUT2D eigenvalue weighted by molar-refractivity contribution is -0.140. The van der Waals surface area contributed by atoms with E-state index in [0.717, 1.165) is 5.56 Å². The van der Waals surface area contributed by atoms with Crippen LogP contribution < -0.4 is 10.9 Å². The van der Waals surface area contributed by atoms with E-state index < -0.39 is 17.6 Å². The van der Waals surface area contributed by atoms with Gasteiger partial charge in [-0.2, -0.15) is 0 Å². The number of aliphatic carboxylic acids is 1. The monoisotopic (exact) mass is 395 g/mol. The number of phenolic OH excluding ortho intramolecular Hbond substituents is 1. The van der Waals surface area contributed by atoms with Crippen molar-refractivity contribution in [2.45, 2.75) is 39.8 Å². The van der Waals surface area contributed by atoms with Crippen LogP contribution in [-0.2, 0) is 11.3 Å². The van der Waals surface area contributed by atoms with E-state index in [1.807, 2.05) is 44.2 Å². The Morgan fingerprint density at radius 3 is 2.48 bits per heavy atom. The number of nitrogens with one attached hydrogen (secondary N) is 1. The van der Waals surface area contributed by atoms with Crippen LogP contribution >= 0.6 is 0 Å². The maximum Gasteiger partial charge on any atom is 0.336 e. The van der Waals surface area contributed by atoms with Gasteiger partial charge in [0, 0.05) is 23.7 Å². The van der Waals surface area contributed by atoms with E-state index in [2.05, 4.69) is 5.32 Å². The van der Waals surface area contributed by atoms with Gasteiger partial charge in [0.05, 0.1) is 5.39 Å². The Bertz CT molecular complexity index is 1090. The van der Waals surface area contributed by atoms with Gasteiger partial charge < -0.3 is 19.9 Å². The number of rotatable bonds is 7. The maximum atomic E-state index is 12.1. The van der Waals surface area contributed by atoms with Gasteiger partial charge in [-0.1, -0.05) is 44.2 Å². The fourth-order valence-corrected chi connectivity index (χ4v) is 3.52. The van der Waals surface area contributed by atoms with E-state index in [0.29, 0.717) is 34.1 Å². The van der Waals surface area contributed by atoms with Gasteiger partial charge in [-0.25, -0.2) is 4.79 Å². The van der Waals surface area contributed by atoms with E-state index in [9.17, 15) is 19.8 Å². The van der Waals surface area contributed by atoms with Gasteiger partial charge in [-0.05, 0) is 36.5 Å². The standard InChI is InChI=1S/C23H25NO5/c1-13(2)9-18(23(27)28)24-12-17-14(3)10-19-21(22(17)26)16(11-20(25)29-19)15-7-5-4-6-8-15/h4-8,10-11,13,18,24,26H,9,12H2,1-3H3,(H,27,28)/t18-/m1/s1. The van der Waals surface area contributed by atoms with Gasteiger partial charge in [-0.15, -0.1) is 0 Å². The van der Waals surface area contributed by atoms with E-state index in [1.54, 1.807) is 13.0 Å². The predicted molar refractivity (Wildman–Crippen MR) is 112 cm³/mol. The number of hydrogen-bond donors (Lipinski definition) is 3. The molecule has 0 saturated heterocycles. The van der Waals surface area contributed by atoms with Crippen molar-refractivity contribution < 1.29 is 19.4 Å². The molecule has 0 amide bonds. The summed E-state index contributed by atoms with van der Waals surface area (Å²) in [6.45, 7) is 5.91. The third kappa shape index (κ3) is 4.49. The molecule has 1 aromatic heterocycles. The highest BCUT2D eigenvalue weighted by atomic mass is 16.4. The van der Waals surface area contributed by atoms with Crippen molar-refractivity contribution in [2.75, 3.05) is 0 Å². The first-order valence-corrected chi connectivity index (χ1v) is 9.58. The Balaban J connectivity index is 2.09. The molecule has 6 heteroatoms. The molecule has 6 nitrogen and oxygen atoms in total. The highest BCUT2D eigenvalue weighted by Crippen LogP contribution is 2.37. The number of aryl methyl sites for hydroxylation is 1. The molecule has 0 radical (unpaired) electrons. The van der Waals surface area contributed by atoms with E-state index in [1.165, 1.54) is 6.07 Å². The smallest absolute Gasteiger partial charge is 0.336 e. The maximum absolute atomic E-state index is 12.1. The molecule has 2 aromatic carbocycles. The molecule has 1 atom stereocenters. The van der Waals surface area contributed by atoms with Crippen molar-refractivity contribution in [2.24, 2.45) is 5.92 Å². The van der Waals surface area contributed by atoms with Crippen LogP contribution in [0, 0.1) is 12.8 Å². The lowest BCUT2D eigenvalue weighted by atomic mass is 9.96. The number of carboxylic acids is 1. The average Bonchev–Trinajstić information content (AvgIpc) is 2.66. The molecule has 0 bridgehead atoms. The Labute approximate surface area is 168 Å². The highest BCUT2D eigenvalue weighted by Gasteiger charge is 2.21. The normalized spacial score (nSPS) is 12.4. The molecule has 0 aliphatic rings. The summed E-state index contributed by atoms with van der Waals surface area (Å²) >= 11 is 0. The number of phenols is 1. The quantitative estimate of drug-likeness (QED) is 0.522. The number of aromatic hydroxyl groups is 1. The van der Waals surface area contributed by atoms with Crippen LogP contribution in [0.2, 0.25) is 0 Å². The van der Waals surface area contributed by atoms with Crippen LogP contribution in [0.5, 0.6) is 5.75 Å². The van der Waals surface area contributed by atoms with Gasteiger partial charge in [-0.3, -0.25) is 4.79 Å². The fraction of sp³-hybridized carbons (Fsp3) is 0.304. The van der Waals surface area contributed by atoms with Crippen molar-refractivity contribution in [3.05, 3.63) is 64.0 Å². The molecule has 29 heavy (non-hydrogen) atoms. The summed E-state index contributed by atoms with van der Waals surface area (Å²) in [5.41, 5.74) is 2.46. The summed E-state index contributed by atoms with van der Waals surface area (Å²) in [5, 5.41) is 24.0. The van der Waals surface area contributed by atoms with Crippen LogP contribution in [0.25, 0.3) is 22.1 Å². The minimum absolute atomic E-state index is 0.0104. The summed E-state index contributed by atoms with van der Waals surface area (Å²) in [6, 6.07) is 11.6. The largest absolute Gasteiger partial charge is 0.507 e. The molecule has 0 fully saturated rings. The second kappa shape index (κ2) is 8.49. The highest BCUT2D eigenvalue weighted by molar-refractivity contribution is 5.98.